The maximum absolute atomic E-state index is 11.1. The van der Waals surface area contributed by atoms with Gasteiger partial charge in [-0.05, 0) is 68.1 Å². The summed E-state index contributed by atoms with van der Waals surface area (Å²) in [5.74, 6) is 1.48. The molecule has 34 heavy (non-hydrogen) atoms. The predicted molar refractivity (Wildman–Crippen MR) is 135 cm³/mol. The Morgan fingerprint density at radius 3 is 2.53 bits per heavy atom. The summed E-state index contributed by atoms with van der Waals surface area (Å²) in [6.07, 6.45) is 6.13. The Labute approximate surface area is 211 Å². The normalized spacial score (nSPS) is 19.1. The van der Waals surface area contributed by atoms with Gasteiger partial charge < -0.3 is 14.6 Å². The first-order valence-corrected chi connectivity index (χ1v) is 12.4. The largest absolute Gasteiger partial charge is 0.492 e. The Kier molecular flexibility index (Phi) is 8.37. The molecule has 2 aromatic carbocycles. The Morgan fingerprint density at radius 2 is 1.79 bits per heavy atom. The van der Waals surface area contributed by atoms with Crippen LogP contribution in [0.15, 0.2) is 54.9 Å². The number of hydrogen-bond donors (Lipinski definition) is 1. The molecule has 6 nitrogen and oxygen atoms in total. The molecule has 1 saturated heterocycles. The second-order valence-electron chi connectivity index (χ2n) is 8.99. The number of likely N-dealkylation sites (tertiary alicyclic amines) is 1. The quantitative estimate of drug-likeness (QED) is 0.425. The smallest absolute Gasteiger partial charge is 0.121 e. The van der Waals surface area contributed by atoms with Crippen LogP contribution in [0, 0.1) is 6.92 Å². The number of benzene rings is 2. The highest BCUT2D eigenvalue weighted by Gasteiger charge is 2.31. The molecule has 1 N–H and O–H groups in total. The topological polar surface area (TPSA) is 59.8 Å². The van der Waals surface area contributed by atoms with Gasteiger partial charge in [-0.1, -0.05) is 35.3 Å². The fraction of sp³-hybridized carbons (Fsp3) is 0.423. The van der Waals surface area contributed by atoms with Gasteiger partial charge >= 0.3 is 0 Å². The highest BCUT2D eigenvalue weighted by Crippen LogP contribution is 2.29. The highest BCUT2D eigenvalue weighted by molar-refractivity contribution is 6.42. The van der Waals surface area contributed by atoms with Gasteiger partial charge in [0.25, 0.3) is 0 Å². The number of nitrogens with zero attached hydrogens (tertiary/aromatic N) is 3. The number of aliphatic hydroxyl groups is 1. The molecular weight excluding hydrogens is 473 g/mol. The summed E-state index contributed by atoms with van der Waals surface area (Å²) in [5.41, 5.74) is 1.52. The van der Waals surface area contributed by atoms with Crippen molar-refractivity contribution in [2.75, 3.05) is 26.3 Å². The van der Waals surface area contributed by atoms with Gasteiger partial charge in [0.05, 0.1) is 28.4 Å². The summed E-state index contributed by atoms with van der Waals surface area (Å²) in [4.78, 5) is 2.38. The maximum atomic E-state index is 11.1. The number of rotatable bonds is 9. The lowest BCUT2D eigenvalue weighted by Gasteiger charge is -2.27. The van der Waals surface area contributed by atoms with Gasteiger partial charge in [-0.2, -0.15) is 5.10 Å². The second kappa shape index (κ2) is 11.5. The number of aryl methyl sites for hydroxylation is 1. The molecule has 1 aliphatic rings. The van der Waals surface area contributed by atoms with E-state index in [0.29, 0.717) is 35.2 Å². The minimum absolute atomic E-state index is 0.239. The molecule has 4 rings (SSSR count). The van der Waals surface area contributed by atoms with Gasteiger partial charge in [0.2, 0.25) is 0 Å². The predicted octanol–water partition coefficient (Wildman–Crippen LogP) is 5.37. The first-order valence-electron chi connectivity index (χ1n) is 11.6. The molecule has 3 aromatic rings. The Hall–Kier alpha value is -2.25. The Morgan fingerprint density at radius 1 is 1.00 bits per heavy atom. The summed E-state index contributed by atoms with van der Waals surface area (Å²) >= 11 is 12.0. The van der Waals surface area contributed by atoms with E-state index in [-0.39, 0.29) is 6.61 Å². The molecule has 0 saturated carbocycles. The van der Waals surface area contributed by atoms with Crippen LogP contribution in [0.4, 0.5) is 0 Å². The SMILES string of the molecule is Cc1cnn(CCOc2ccc(CN3CCC[C@](O)(COc4ccc(Cl)c(Cl)c4)CC3)cc2)c1. The molecule has 182 valence electrons. The zero-order valence-electron chi connectivity index (χ0n) is 19.4. The fourth-order valence-electron chi connectivity index (χ4n) is 4.12. The first-order chi connectivity index (χ1) is 16.4. The van der Waals surface area contributed by atoms with Gasteiger partial charge in [-0.3, -0.25) is 9.58 Å². The molecule has 1 aliphatic heterocycles. The molecule has 0 unspecified atom stereocenters. The zero-order chi connectivity index (χ0) is 24.0. The third-order valence-corrected chi connectivity index (χ3v) is 6.83. The summed E-state index contributed by atoms with van der Waals surface area (Å²) in [5, 5.41) is 16.3. The van der Waals surface area contributed by atoms with E-state index in [1.54, 1.807) is 18.2 Å². The number of hydrogen-bond acceptors (Lipinski definition) is 5. The van der Waals surface area contributed by atoms with Gasteiger partial charge in [0, 0.05) is 25.4 Å². The molecule has 0 bridgehead atoms. The van der Waals surface area contributed by atoms with Crippen LogP contribution in [-0.4, -0.2) is 51.7 Å². The molecule has 2 heterocycles. The number of ether oxygens (including phenoxy) is 2. The zero-order valence-corrected chi connectivity index (χ0v) is 20.9. The van der Waals surface area contributed by atoms with Crippen molar-refractivity contribution in [2.45, 2.75) is 44.9 Å². The number of halogens is 2. The molecule has 0 radical (unpaired) electrons. The summed E-state index contributed by atoms with van der Waals surface area (Å²) in [6, 6.07) is 13.4. The third kappa shape index (κ3) is 7.12. The summed E-state index contributed by atoms with van der Waals surface area (Å²) in [7, 11) is 0. The summed E-state index contributed by atoms with van der Waals surface area (Å²) < 4.78 is 13.6. The molecule has 1 aromatic heterocycles. The fourth-order valence-corrected chi connectivity index (χ4v) is 4.41. The van der Waals surface area contributed by atoms with E-state index in [1.165, 1.54) is 5.56 Å². The van der Waals surface area contributed by atoms with Crippen LogP contribution in [0.25, 0.3) is 0 Å². The van der Waals surface area contributed by atoms with E-state index in [0.717, 1.165) is 43.9 Å². The van der Waals surface area contributed by atoms with Crippen LogP contribution in [0.5, 0.6) is 11.5 Å². The minimum atomic E-state index is -0.855. The lowest BCUT2D eigenvalue weighted by atomic mass is 9.96. The van der Waals surface area contributed by atoms with Crippen LogP contribution < -0.4 is 9.47 Å². The van der Waals surface area contributed by atoms with E-state index < -0.39 is 5.60 Å². The van der Waals surface area contributed by atoms with Crippen molar-refractivity contribution in [3.63, 3.8) is 0 Å². The molecule has 8 heteroatoms. The highest BCUT2D eigenvalue weighted by atomic mass is 35.5. The molecule has 1 atom stereocenters. The van der Waals surface area contributed by atoms with Gasteiger partial charge in [-0.25, -0.2) is 0 Å². The lowest BCUT2D eigenvalue weighted by molar-refractivity contribution is -0.0168. The van der Waals surface area contributed by atoms with E-state index >= 15 is 0 Å². The van der Waals surface area contributed by atoms with Gasteiger partial charge in [0.1, 0.15) is 24.7 Å². The number of aromatic nitrogens is 2. The van der Waals surface area contributed by atoms with Crippen LogP contribution in [0.2, 0.25) is 10.0 Å². The van der Waals surface area contributed by atoms with Crippen LogP contribution in [0.3, 0.4) is 0 Å². The Balaban J connectivity index is 1.22. The third-order valence-electron chi connectivity index (χ3n) is 6.09. The van der Waals surface area contributed by atoms with Crippen molar-refractivity contribution in [3.05, 3.63) is 76.0 Å². The van der Waals surface area contributed by atoms with Crippen molar-refractivity contribution in [3.8, 4) is 11.5 Å². The molecular formula is C26H31Cl2N3O3. The Bertz CT molecular complexity index is 1070. The first kappa shape index (κ1) is 24.9. The van der Waals surface area contributed by atoms with E-state index in [1.807, 2.05) is 36.1 Å². The minimum Gasteiger partial charge on any atom is -0.492 e. The van der Waals surface area contributed by atoms with Crippen molar-refractivity contribution in [1.82, 2.24) is 14.7 Å². The monoisotopic (exact) mass is 503 g/mol. The average molecular weight is 504 g/mol. The summed E-state index contributed by atoms with van der Waals surface area (Å²) in [6.45, 7) is 6.16. The molecule has 0 spiro atoms. The maximum Gasteiger partial charge on any atom is 0.121 e. The van der Waals surface area contributed by atoms with Crippen LogP contribution in [-0.2, 0) is 13.1 Å². The van der Waals surface area contributed by atoms with E-state index in [9.17, 15) is 5.11 Å². The van der Waals surface area contributed by atoms with Crippen LogP contribution >= 0.6 is 23.2 Å². The van der Waals surface area contributed by atoms with E-state index in [2.05, 4.69) is 22.1 Å². The van der Waals surface area contributed by atoms with E-state index in [4.69, 9.17) is 32.7 Å². The lowest BCUT2D eigenvalue weighted by Crippen LogP contribution is -2.37. The van der Waals surface area contributed by atoms with Crippen molar-refractivity contribution < 1.29 is 14.6 Å². The van der Waals surface area contributed by atoms with Crippen molar-refractivity contribution in [1.29, 1.82) is 0 Å². The average Bonchev–Trinajstić information content (AvgIpc) is 3.15. The second-order valence-corrected chi connectivity index (χ2v) is 9.81. The van der Waals surface area contributed by atoms with Crippen LogP contribution in [0.1, 0.15) is 30.4 Å². The molecule has 1 fully saturated rings. The van der Waals surface area contributed by atoms with Crippen molar-refractivity contribution in [2.24, 2.45) is 0 Å². The van der Waals surface area contributed by atoms with Gasteiger partial charge in [0.15, 0.2) is 0 Å². The van der Waals surface area contributed by atoms with Gasteiger partial charge in [-0.15, -0.1) is 0 Å². The molecule has 0 aliphatic carbocycles. The molecule has 0 amide bonds. The standard InChI is InChI=1S/C26H31Cl2N3O3/c1-20-16-29-31(17-20)13-14-33-22-5-3-21(4-6-22)18-30-11-2-9-26(32,10-12-30)19-34-23-7-8-24(27)25(28)15-23/h3-8,15-17,32H,2,9-14,18-19H2,1H3/t26-/m1/s1. The van der Waals surface area contributed by atoms with Crippen molar-refractivity contribution >= 4 is 23.2 Å².